The molecule has 0 unspecified atom stereocenters. The van der Waals surface area contributed by atoms with Gasteiger partial charge in [-0.05, 0) is 52.0 Å². The van der Waals surface area contributed by atoms with Crippen molar-refractivity contribution < 1.29 is 23.8 Å². The van der Waals surface area contributed by atoms with Gasteiger partial charge in [0.2, 0.25) is 5.43 Å². The van der Waals surface area contributed by atoms with Crippen molar-refractivity contribution in [2.24, 2.45) is 5.92 Å². The van der Waals surface area contributed by atoms with Crippen molar-refractivity contribution in [3.63, 3.8) is 0 Å². The maximum atomic E-state index is 15.7. The number of nitrogen functional groups attached to an aromatic ring is 1. The average Bonchev–Trinajstić information content (AvgIpc) is 3.49. The number of aromatic nitrogens is 1. The summed E-state index contributed by atoms with van der Waals surface area (Å²) in [5.74, 6) is -2.12. The van der Waals surface area contributed by atoms with E-state index in [1.165, 1.54) is 6.20 Å². The van der Waals surface area contributed by atoms with E-state index >= 15 is 4.39 Å². The van der Waals surface area contributed by atoms with Crippen LogP contribution in [0.5, 0.6) is 0 Å². The van der Waals surface area contributed by atoms with Gasteiger partial charge in [-0.2, -0.15) is 0 Å². The van der Waals surface area contributed by atoms with Gasteiger partial charge in [-0.3, -0.25) is 4.79 Å². The Bertz CT molecular complexity index is 1250. The Morgan fingerprint density at radius 1 is 1.26 bits per heavy atom. The molecule has 1 aliphatic heterocycles. The first-order valence-corrected chi connectivity index (χ1v) is 11.4. The van der Waals surface area contributed by atoms with Crippen molar-refractivity contribution in [1.82, 2.24) is 9.88 Å². The quantitative estimate of drug-likeness (QED) is 0.580. The van der Waals surface area contributed by atoms with E-state index in [0.717, 1.165) is 12.8 Å². The molecule has 2 aliphatic rings. The summed E-state index contributed by atoms with van der Waals surface area (Å²) in [4.78, 5) is 38.7. The number of aromatic carboxylic acids is 1. The highest BCUT2D eigenvalue weighted by atomic mass is 19.1. The van der Waals surface area contributed by atoms with Gasteiger partial charge < -0.3 is 30.4 Å². The number of ether oxygens (including phenoxy) is 1. The van der Waals surface area contributed by atoms with Crippen LogP contribution in [-0.2, 0) is 4.74 Å². The molecule has 1 saturated heterocycles. The minimum atomic E-state index is -1.37. The maximum Gasteiger partial charge on any atom is 0.407 e. The Balaban J connectivity index is 1.78. The maximum absolute atomic E-state index is 15.7. The number of benzene rings is 1. The predicted octanol–water partition coefficient (Wildman–Crippen LogP) is 3.41. The number of carbonyl (C=O) groups excluding carboxylic acids is 1. The predicted molar refractivity (Wildman–Crippen MR) is 127 cm³/mol. The second kappa shape index (κ2) is 8.18. The number of aryl methyl sites for hydroxylation is 1. The number of nitrogens with one attached hydrogen (secondary N) is 1. The van der Waals surface area contributed by atoms with Gasteiger partial charge in [-0.1, -0.05) is 6.92 Å². The molecule has 4 N–H and O–H groups in total. The average molecular weight is 475 g/mol. The monoisotopic (exact) mass is 474 g/mol. The van der Waals surface area contributed by atoms with Crippen LogP contribution >= 0.6 is 0 Å². The fourth-order valence-electron chi connectivity index (χ4n) is 4.74. The molecule has 0 bridgehead atoms. The number of anilines is 2. The van der Waals surface area contributed by atoms with Crippen molar-refractivity contribution in [3.8, 4) is 0 Å². The van der Waals surface area contributed by atoms with Crippen LogP contribution < -0.4 is 21.4 Å². The molecule has 10 heteroatoms. The minimum Gasteiger partial charge on any atom is -0.477 e. The van der Waals surface area contributed by atoms with Crippen LogP contribution in [0.25, 0.3) is 10.9 Å². The standard InChI is InChI=1S/C24H31FN4O5/c1-11-8-28(10-15(11)27-23(33)34-24(3,4)5)20-12(2)19-16(18(26)17(20)25)21(30)14(22(31)32)9-29(19)13-6-7-13/h9,11,13,15H,6-8,10,26H2,1-5H3,(H,27,33)(H,31,32)/t11-,15+/m0/s1. The fourth-order valence-corrected chi connectivity index (χ4v) is 4.74. The van der Waals surface area contributed by atoms with Crippen molar-refractivity contribution in [2.45, 2.75) is 65.1 Å². The van der Waals surface area contributed by atoms with E-state index in [1.54, 1.807) is 32.3 Å². The van der Waals surface area contributed by atoms with Gasteiger partial charge in [0.05, 0.1) is 28.3 Å². The second-order valence-electron chi connectivity index (χ2n) is 10.4. The number of hydrogen-bond acceptors (Lipinski definition) is 6. The summed E-state index contributed by atoms with van der Waals surface area (Å²) in [6.07, 6.45) is 2.49. The van der Waals surface area contributed by atoms with Gasteiger partial charge in [-0.25, -0.2) is 14.0 Å². The Kier molecular flexibility index (Phi) is 5.73. The summed E-state index contributed by atoms with van der Waals surface area (Å²) < 4.78 is 22.8. The third-order valence-corrected chi connectivity index (χ3v) is 6.46. The molecule has 2 heterocycles. The summed E-state index contributed by atoms with van der Waals surface area (Å²) in [6, 6.07) is -0.234. The van der Waals surface area contributed by atoms with Gasteiger partial charge in [0, 0.05) is 25.3 Å². The highest BCUT2D eigenvalue weighted by Crippen LogP contribution is 2.42. The molecule has 2 fully saturated rings. The zero-order valence-electron chi connectivity index (χ0n) is 20.1. The lowest BCUT2D eigenvalue weighted by Crippen LogP contribution is -2.42. The van der Waals surface area contributed by atoms with E-state index in [1.807, 2.05) is 11.8 Å². The normalized spacial score (nSPS) is 20.6. The third kappa shape index (κ3) is 4.17. The molecule has 2 aromatic rings. The molecule has 0 spiro atoms. The van der Waals surface area contributed by atoms with Crippen molar-refractivity contribution in [1.29, 1.82) is 0 Å². The number of halogens is 1. The van der Waals surface area contributed by atoms with Crippen LogP contribution in [0.2, 0.25) is 0 Å². The number of nitrogens with zero attached hydrogens (tertiary/aromatic N) is 2. The number of pyridine rings is 1. The van der Waals surface area contributed by atoms with Gasteiger partial charge in [0.25, 0.3) is 0 Å². The first-order valence-electron chi connectivity index (χ1n) is 11.4. The van der Waals surface area contributed by atoms with Crippen LogP contribution in [0.4, 0.5) is 20.6 Å². The fraction of sp³-hybridized carbons (Fsp3) is 0.542. The Morgan fingerprint density at radius 2 is 1.91 bits per heavy atom. The molecule has 184 valence electrons. The van der Waals surface area contributed by atoms with E-state index in [0.29, 0.717) is 24.2 Å². The van der Waals surface area contributed by atoms with Gasteiger partial charge in [0.1, 0.15) is 11.2 Å². The zero-order valence-corrected chi connectivity index (χ0v) is 20.1. The zero-order chi connectivity index (χ0) is 25.1. The van der Waals surface area contributed by atoms with Crippen LogP contribution in [0.3, 0.4) is 0 Å². The Labute approximate surface area is 196 Å². The number of carboxylic acids is 1. The summed E-state index contributed by atoms with van der Waals surface area (Å²) in [6.45, 7) is 9.82. The summed E-state index contributed by atoms with van der Waals surface area (Å²) in [7, 11) is 0. The van der Waals surface area contributed by atoms with E-state index in [2.05, 4.69) is 5.32 Å². The van der Waals surface area contributed by atoms with E-state index in [4.69, 9.17) is 10.5 Å². The minimum absolute atomic E-state index is 0.00301. The SMILES string of the molecule is Cc1c(N2C[C@H](C)[C@H](NC(=O)OC(C)(C)C)C2)c(F)c(N)c2c(=O)c(C(=O)O)cn(C3CC3)c12. The van der Waals surface area contributed by atoms with Crippen LogP contribution in [0.15, 0.2) is 11.0 Å². The topological polar surface area (TPSA) is 127 Å². The molecule has 1 aromatic carbocycles. The summed E-state index contributed by atoms with van der Waals surface area (Å²) >= 11 is 0. The molecule has 4 rings (SSSR count). The number of alkyl carbamates (subject to hydrolysis) is 1. The number of fused-ring (bicyclic) bond motifs is 1. The number of hydrogen-bond donors (Lipinski definition) is 3. The molecule has 34 heavy (non-hydrogen) atoms. The molecule has 2 atom stereocenters. The highest BCUT2D eigenvalue weighted by molar-refractivity contribution is 6.01. The molecule has 1 amide bonds. The van der Waals surface area contributed by atoms with Gasteiger partial charge in [-0.15, -0.1) is 0 Å². The molecule has 1 aliphatic carbocycles. The molecule has 1 saturated carbocycles. The lowest BCUT2D eigenvalue weighted by atomic mass is 10.0. The highest BCUT2D eigenvalue weighted by Gasteiger charge is 2.36. The molecular formula is C24H31FN4O5. The largest absolute Gasteiger partial charge is 0.477 e. The van der Waals surface area contributed by atoms with Gasteiger partial charge >= 0.3 is 12.1 Å². The van der Waals surface area contributed by atoms with E-state index in [9.17, 15) is 19.5 Å². The van der Waals surface area contributed by atoms with Crippen molar-refractivity contribution >= 4 is 34.3 Å². The second-order valence-corrected chi connectivity index (χ2v) is 10.4. The van der Waals surface area contributed by atoms with Crippen LogP contribution in [0.1, 0.15) is 62.5 Å². The smallest absolute Gasteiger partial charge is 0.407 e. The number of carbonyl (C=O) groups is 2. The van der Waals surface area contributed by atoms with Crippen LogP contribution in [-0.4, -0.2) is 46.5 Å². The summed E-state index contributed by atoms with van der Waals surface area (Å²) in [5, 5.41) is 12.3. The molecule has 0 radical (unpaired) electrons. The van der Waals surface area contributed by atoms with Crippen molar-refractivity contribution in [3.05, 3.63) is 33.4 Å². The van der Waals surface area contributed by atoms with E-state index in [-0.39, 0.29) is 34.8 Å². The van der Waals surface area contributed by atoms with Crippen molar-refractivity contribution in [2.75, 3.05) is 23.7 Å². The molecular weight excluding hydrogens is 443 g/mol. The molecule has 9 nitrogen and oxygen atoms in total. The number of amides is 1. The Hall–Kier alpha value is -3.30. The number of carboxylic acid groups (broad SMARTS) is 1. The number of rotatable bonds is 4. The Morgan fingerprint density at radius 3 is 2.47 bits per heavy atom. The lowest BCUT2D eigenvalue weighted by Gasteiger charge is -2.26. The van der Waals surface area contributed by atoms with Crippen LogP contribution in [0, 0.1) is 18.7 Å². The molecule has 1 aromatic heterocycles. The van der Waals surface area contributed by atoms with Gasteiger partial charge in [0.15, 0.2) is 5.82 Å². The summed E-state index contributed by atoms with van der Waals surface area (Å²) in [5.41, 5.74) is 5.19. The van der Waals surface area contributed by atoms with E-state index < -0.39 is 34.5 Å². The number of nitrogens with two attached hydrogens (primary N) is 1. The third-order valence-electron chi connectivity index (χ3n) is 6.46. The first-order chi connectivity index (χ1) is 15.8. The first kappa shape index (κ1) is 23.8. The lowest BCUT2D eigenvalue weighted by molar-refractivity contribution is 0.0499.